The Hall–Kier alpha value is -2.72. The maximum Gasteiger partial charge on any atom is 0.362 e. The van der Waals surface area contributed by atoms with Gasteiger partial charge >= 0.3 is 17.3 Å². The fourth-order valence-electron chi connectivity index (χ4n) is 1.56. The monoisotopic (exact) mass is 346 g/mol. The molecule has 0 fully saturated rings. The van der Waals surface area contributed by atoms with E-state index in [-0.39, 0.29) is 15.7 Å². The molecule has 0 amide bonds. The van der Waals surface area contributed by atoms with E-state index in [1.54, 1.807) is 4.98 Å². The second-order valence-electron chi connectivity index (χ2n) is 3.84. The number of rotatable bonds is 3. The Balaban J connectivity index is 2.75. The summed E-state index contributed by atoms with van der Waals surface area (Å²) in [5.41, 5.74) is -3.92. The van der Waals surface area contributed by atoms with Gasteiger partial charge in [0.25, 0.3) is 5.56 Å². The van der Waals surface area contributed by atoms with E-state index in [0.717, 1.165) is 12.1 Å². The number of hydrogen-bond acceptors (Lipinski definition) is 6. The lowest BCUT2D eigenvalue weighted by Gasteiger charge is -2.06. The van der Waals surface area contributed by atoms with E-state index < -0.39 is 33.5 Å². The maximum atomic E-state index is 11.7. The maximum absolute atomic E-state index is 11.7. The molecule has 2 aromatic rings. The van der Waals surface area contributed by atoms with Gasteiger partial charge in [-0.15, -0.1) is 0 Å². The van der Waals surface area contributed by atoms with Gasteiger partial charge in [0.1, 0.15) is 10.0 Å². The molecule has 0 aliphatic rings. The van der Waals surface area contributed by atoms with Gasteiger partial charge in [-0.1, -0.05) is 23.2 Å². The second-order valence-corrected chi connectivity index (χ2v) is 4.65. The first kappa shape index (κ1) is 15.7. The largest absolute Gasteiger partial charge is 0.476 e. The molecule has 114 valence electrons. The van der Waals surface area contributed by atoms with Gasteiger partial charge in [0.15, 0.2) is 0 Å². The number of H-pyrrole nitrogens is 1. The lowest BCUT2D eigenvalue weighted by Crippen LogP contribution is -2.35. The normalized spacial score (nSPS) is 10.5. The molecule has 0 bridgehead atoms. The van der Waals surface area contributed by atoms with Crippen LogP contribution in [0.4, 0.5) is 5.69 Å². The number of benzene rings is 1. The summed E-state index contributed by atoms with van der Waals surface area (Å²) in [6.45, 7) is 0. The molecular formula is C10H4Cl2N4O6. The van der Waals surface area contributed by atoms with Crippen LogP contribution in [0.25, 0.3) is 5.69 Å². The van der Waals surface area contributed by atoms with Crippen LogP contribution in [0.3, 0.4) is 0 Å². The van der Waals surface area contributed by atoms with Gasteiger partial charge in [0.2, 0.25) is 5.69 Å². The standard InChI is InChI=1S/C10H4Cl2N4O6/c11-4-1-3(2-5(12)7(4)16(21)22)15-10(20)13-8(17)6(14-15)9(18)19/h1-2H,(H,18,19)(H,13,17,20). The van der Waals surface area contributed by atoms with Crippen molar-refractivity contribution >= 4 is 34.9 Å². The summed E-state index contributed by atoms with van der Waals surface area (Å²) in [6, 6.07) is 1.98. The van der Waals surface area contributed by atoms with Crippen molar-refractivity contribution in [1.82, 2.24) is 14.8 Å². The summed E-state index contributed by atoms with van der Waals surface area (Å²) in [5, 5.41) is 22.2. The number of nitro benzene ring substituents is 1. The van der Waals surface area contributed by atoms with Gasteiger partial charge in [0.05, 0.1) is 10.6 Å². The van der Waals surface area contributed by atoms with Gasteiger partial charge in [0, 0.05) is 0 Å². The molecular weight excluding hydrogens is 343 g/mol. The van der Waals surface area contributed by atoms with Crippen molar-refractivity contribution in [3.63, 3.8) is 0 Å². The van der Waals surface area contributed by atoms with Gasteiger partial charge in [-0.2, -0.15) is 9.78 Å². The number of hydrogen-bond donors (Lipinski definition) is 2. The molecule has 0 saturated heterocycles. The number of carbonyl (C=O) groups is 1. The molecule has 1 aromatic heterocycles. The number of nitro groups is 1. The Bertz CT molecular complexity index is 895. The lowest BCUT2D eigenvalue weighted by atomic mass is 10.3. The first-order valence-corrected chi connectivity index (χ1v) is 6.08. The van der Waals surface area contributed by atoms with Crippen LogP contribution < -0.4 is 11.2 Å². The Morgan fingerprint density at radius 3 is 2.32 bits per heavy atom. The van der Waals surface area contributed by atoms with Crippen LogP contribution in [0, 0.1) is 10.1 Å². The van der Waals surface area contributed by atoms with Gasteiger partial charge in [-0.25, -0.2) is 9.59 Å². The highest BCUT2D eigenvalue weighted by Gasteiger charge is 2.21. The van der Waals surface area contributed by atoms with Crippen LogP contribution in [0.5, 0.6) is 0 Å². The number of nitrogens with one attached hydrogen (secondary N) is 1. The summed E-state index contributed by atoms with van der Waals surface area (Å²) in [6.07, 6.45) is 0. The molecule has 0 spiro atoms. The molecule has 1 heterocycles. The Labute approximate surface area is 129 Å². The zero-order chi connectivity index (χ0) is 16.6. The number of carboxylic acid groups (broad SMARTS) is 1. The van der Waals surface area contributed by atoms with Crippen molar-refractivity contribution in [2.45, 2.75) is 0 Å². The molecule has 1 aromatic carbocycles. The first-order chi connectivity index (χ1) is 10.2. The minimum Gasteiger partial charge on any atom is -0.476 e. The molecule has 12 heteroatoms. The lowest BCUT2D eigenvalue weighted by molar-refractivity contribution is -0.384. The third kappa shape index (κ3) is 2.69. The van der Waals surface area contributed by atoms with Gasteiger partial charge in [-0.3, -0.25) is 19.9 Å². The molecule has 0 atom stereocenters. The molecule has 2 rings (SSSR count). The van der Waals surface area contributed by atoms with Crippen molar-refractivity contribution in [2.75, 3.05) is 0 Å². The number of aromatic nitrogens is 3. The molecule has 22 heavy (non-hydrogen) atoms. The predicted molar refractivity (Wildman–Crippen MR) is 74.1 cm³/mol. The molecule has 0 saturated carbocycles. The molecule has 2 N–H and O–H groups in total. The minimum absolute atomic E-state index is 0.149. The average molecular weight is 347 g/mol. The third-order valence-electron chi connectivity index (χ3n) is 2.46. The minimum atomic E-state index is -1.66. The molecule has 0 aliphatic heterocycles. The highest BCUT2D eigenvalue weighted by molar-refractivity contribution is 6.38. The van der Waals surface area contributed by atoms with Gasteiger partial charge in [-0.05, 0) is 12.1 Å². The smallest absolute Gasteiger partial charge is 0.362 e. The number of halogens is 2. The SMILES string of the molecule is O=C(O)c1nn(-c2cc(Cl)c([N+](=O)[O-])c(Cl)c2)c(=O)[nH]c1=O. The summed E-state index contributed by atoms with van der Waals surface area (Å²) >= 11 is 11.4. The average Bonchev–Trinajstić information content (AvgIpc) is 2.36. The van der Waals surface area contributed by atoms with Crippen LogP contribution in [-0.4, -0.2) is 30.8 Å². The van der Waals surface area contributed by atoms with Crippen LogP contribution in [0.15, 0.2) is 21.7 Å². The third-order valence-corrected chi connectivity index (χ3v) is 3.04. The zero-order valence-corrected chi connectivity index (χ0v) is 11.8. The van der Waals surface area contributed by atoms with E-state index in [0.29, 0.717) is 4.68 Å². The quantitative estimate of drug-likeness (QED) is 0.617. The number of carboxylic acids is 1. The highest BCUT2D eigenvalue weighted by Crippen LogP contribution is 2.34. The Morgan fingerprint density at radius 1 is 1.32 bits per heavy atom. The summed E-state index contributed by atoms with van der Waals surface area (Å²) in [5.74, 6) is -1.66. The summed E-state index contributed by atoms with van der Waals surface area (Å²) in [7, 11) is 0. The van der Waals surface area contributed by atoms with Crippen LogP contribution >= 0.6 is 23.2 Å². The molecule has 10 nitrogen and oxygen atoms in total. The van der Waals surface area contributed by atoms with E-state index in [1.165, 1.54) is 0 Å². The van der Waals surface area contributed by atoms with Crippen molar-refractivity contribution in [2.24, 2.45) is 0 Å². The van der Waals surface area contributed by atoms with E-state index in [9.17, 15) is 24.5 Å². The van der Waals surface area contributed by atoms with Crippen molar-refractivity contribution in [3.8, 4) is 5.69 Å². The van der Waals surface area contributed by atoms with Crippen LogP contribution in [0.2, 0.25) is 10.0 Å². The van der Waals surface area contributed by atoms with Crippen molar-refractivity contribution < 1.29 is 14.8 Å². The van der Waals surface area contributed by atoms with Crippen molar-refractivity contribution in [3.05, 3.63) is 58.8 Å². The fraction of sp³-hybridized carbons (Fsp3) is 0. The zero-order valence-electron chi connectivity index (χ0n) is 10.2. The Kier molecular flexibility index (Phi) is 3.97. The summed E-state index contributed by atoms with van der Waals surface area (Å²) in [4.78, 5) is 45.5. The van der Waals surface area contributed by atoms with Crippen LogP contribution in [0.1, 0.15) is 10.5 Å². The number of nitrogens with zero attached hydrogens (tertiary/aromatic N) is 3. The topological polar surface area (TPSA) is 148 Å². The summed E-state index contributed by atoms with van der Waals surface area (Å²) < 4.78 is 0.506. The molecule has 0 unspecified atom stereocenters. The number of aromatic amines is 1. The van der Waals surface area contributed by atoms with Crippen LogP contribution in [-0.2, 0) is 0 Å². The predicted octanol–water partition coefficient (Wildman–Crippen LogP) is 0.834. The van der Waals surface area contributed by atoms with Gasteiger partial charge < -0.3 is 5.11 Å². The fourth-order valence-corrected chi connectivity index (χ4v) is 2.18. The van der Waals surface area contributed by atoms with E-state index in [2.05, 4.69) is 5.10 Å². The number of aromatic carboxylic acids is 1. The van der Waals surface area contributed by atoms with E-state index >= 15 is 0 Å². The van der Waals surface area contributed by atoms with Crippen molar-refractivity contribution in [1.29, 1.82) is 0 Å². The van der Waals surface area contributed by atoms with E-state index in [1.807, 2.05) is 0 Å². The Morgan fingerprint density at radius 2 is 1.86 bits per heavy atom. The first-order valence-electron chi connectivity index (χ1n) is 5.33. The second kappa shape index (κ2) is 5.58. The van der Waals surface area contributed by atoms with E-state index in [4.69, 9.17) is 28.3 Å². The molecule has 0 radical (unpaired) electrons. The molecule has 0 aliphatic carbocycles. The highest BCUT2D eigenvalue weighted by atomic mass is 35.5.